The van der Waals surface area contributed by atoms with Crippen molar-refractivity contribution in [1.29, 1.82) is 0 Å². The second kappa shape index (κ2) is 5.04. The third-order valence-electron chi connectivity index (χ3n) is 5.14. The van der Waals surface area contributed by atoms with Crippen molar-refractivity contribution in [3.8, 4) is 0 Å². The molecule has 0 aliphatic rings. The molecule has 0 bridgehead atoms. The van der Waals surface area contributed by atoms with Gasteiger partial charge in [-0.3, -0.25) is 0 Å². The van der Waals surface area contributed by atoms with E-state index in [4.69, 9.17) is 6.57 Å². The Balaban J connectivity index is 1.78. The maximum Gasteiger partial charge on any atom is 0.242 e. The van der Waals surface area contributed by atoms with Gasteiger partial charge in [-0.15, -0.1) is 11.3 Å². The molecule has 1 nitrogen and oxygen atoms in total. The monoisotopic (exact) mass is 365 g/mol. The lowest BCUT2D eigenvalue weighted by molar-refractivity contribution is 1.86. The van der Waals surface area contributed by atoms with E-state index in [2.05, 4.69) is 64.8 Å². The summed E-state index contributed by atoms with van der Waals surface area (Å²) in [6, 6.07) is 22.2. The lowest BCUT2D eigenvalue weighted by Gasteiger charge is -2.08. The quantitative estimate of drug-likeness (QED) is 0.189. The van der Waals surface area contributed by atoms with Crippen molar-refractivity contribution < 1.29 is 0 Å². The van der Waals surface area contributed by atoms with Crippen LogP contribution in [0.1, 0.15) is 0 Å². The summed E-state index contributed by atoms with van der Waals surface area (Å²) in [5.74, 6) is 0. The number of thiophene rings is 2. The summed E-state index contributed by atoms with van der Waals surface area (Å²) in [6.07, 6.45) is 0. The second-order valence-electron chi connectivity index (χ2n) is 6.57. The molecule has 2 heterocycles. The first-order valence-corrected chi connectivity index (χ1v) is 10.1. The number of nitrogens with zero attached hydrogens (tertiary/aromatic N) is 1. The van der Waals surface area contributed by atoms with E-state index in [1.54, 1.807) is 22.7 Å². The molecule has 0 N–H and O–H groups in total. The van der Waals surface area contributed by atoms with Crippen LogP contribution in [0.3, 0.4) is 0 Å². The summed E-state index contributed by atoms with van der Waals surface area (Å²) in [5, 5.41) is 13.1. The molecule has 6 aromatic rings. The van der Waals surface area contributed by atoms with E-state index in [-0.39, 0.29) is 0 Å². The van der Waals surface area contributed by atoms with E-state index in [0.717, 1.165) is 10.4 Å². The van der Waals surface area contributed by atoms with Gasteiger partial charge >= 0.3 is 0 Å². The first-order valence-electron chi connectivity index (χ1n) is 8.38. The van der Waals surface area contributed by atoms with Crippen LogP contribution >= 0.6 is 22.7 Å². The number of hydrogen-bond acceptors (Lipinski definition) is 2. The molecule has 0 saturated carbocycles. The highest BCUT2D eigenvalue weighted by Crippen LogP contribution is 2.39. The van der Waals surface area contributed by atoms with Gasteiger partial charge in [0, 0.05) is 9.40 Å². The minimum absolute atomic E-state index is 0.755. The number of hydrogen-bond donors (Lipinski definition) is 0. The maximum atomic E-state index is 7.27. The van der Waals surface area contributed by atoms with Crippen LogP contribution in [-0.2, 0) is 0 Å². The van der Waals surface area contributed by atoms with Crippen molar-refractivity contribution in [2.24, 2.45) is 0 Å². The molecule has 0 aliphatic carbocycles. The van der Waals surface area contributed by atoms with Crippen molar-refractivity contribution in [3.63, 3.8) is 0 Å². The molecule has 26 heavy (non-hydrogen) atoms. The number of rotatable bonds is 0. The Labute approximate surface area is 157 Å². The zero-order chi connectivity index (χ0) is 17.3. The molecule has 120 valence electrons. The van der Waals surface area contributed by atoms with Crippen LogP contribution in [-0.4, -0.2) is 0 Å². The largest absolute Gasteiger partial charge is 0.242 e. The summed E-state index contributed by atoms with van der Waals surface area (Å²) in [4.78, 5) is 3.60. The van der Waals surface area contributed by atoms with Gasteiger partial charge in [0.2, 0.25) is 5.00 Å². The van der Waals surface area contributed by atoms with E-state index in [1.165, 1.54) is 47.1 Å². The molecule has 0 spiro atoms. The van der Waals surface area contributed by atoms with Crippen LogP contribution in [0.25, 0.3) is 57.3 Å². The van der Waals surface area contributed by atoms with Gasteiger partial charge in [-0.2, -0.15) is 11.3 Å². The molecular weight excluding hydrogens is 354 g/mol. The van der Waals surface area contributed by atoms with Gasteiger partial charge in [0.05, 0.1) is 6.57 Å². The highest BCUT2D eigenvalue weighted by atomic mass is 32.1. The van der Waals surface area contributed by atoms with Crippen LogP contribution in [0.2, 0.25) is 0 Å². The minimum Gasteiger partial charge on any atom is -0.227 e. The summed E-state index contributed by atoms with van der Waals surface area (Å²) < 4.78 is 2.52. The lowest BCUT2D eigenvalue weighted by atomic mass is 9.96. The van der Waals surface area contributed by atoms with Crippen LogP contribution in [0.4, 0.5) is 5.00 Å². The van der Waals surface area contributed by atoms with Crippen molar-refractivity contribution in [1.82, 2.24) is 0 Å². The molecule has 2 aromatic heterocycles. The first-order chi connectivity index (χ1) is 12.8. The second-order valence-corrected chi connectivity index (χ2v) is 8.58. The Hall–Kier alpha value is -2.93. The van der Waals surface area contributed by atoms with E-state index in [9.17, 15) is 0 Å². The van der Waals surface area contributed by atoms with E-state index in [0.29, 0.717) is 0 Å². The standard InChI is InChI=1S/C23H11NS2/c1-24-23-10-16-9-14-3-5-17-18(20(14)12-22(16)26-23)4-2-13-8-15-6-7-25-21(15)11-19(13)17/h2-12H. The zero-order valence-corrected chi connectivity index (χ0v) is 15.2. The molecule has 3 heteroatoms. The predicted molar refractivity (Wildman–Crippen MR) is 116 cm³/mol. The fraction of sp³-hybridized carbons (Fsp3) is 0. The molecular formula is C23H11NS2. The fourth-order valence-corrected chi connectivity index (χ4v) is 5.59. The van der Waals surface area contributed by atoms with E-state index in [1.807, 2.05) is 6.07 Å². The number of fused-ring (bicyclic) bond motifs is 7. The van der Waals surface area contributed by atoms with Crippen molar-refractivity contribution in [2.75, 3.05) is 0 Å². The van der Waals surface area contributed by atoms with Gasteiger partial charge in [-0.05, 0) is 84.9 Å². The van der Waals surface area contributed by atoms with Crippen LogP contribution in [0, 0.1) is 6.57 Å². The number of benzene rings is 4. The van der Waals surface area contributed by atoms with Gasteiger partial charge < -0.3 is 0 Å². The Kier molecular flexibility index (Phi) is 2.77. The van der Waals surface area contributed by atoms with Crippen molar-refractivity contribution in [2.45, 2.75) is 0 Å². The maximum absolute atomic E-state index is 7.27. The Bertz CT molecular complexity index is 1540. The zero-order valence-electron chi connectivity index (χ0n) is 13.6. The summed E-state index contributed by atoms with van der Waals surface area (Å²) >= 11 is 3.37. The molecule has 0 amide bonds. The third-order valence-corrected chi connectivity index (χ3v) is 7.01. The lowest BCUT2D eigenvalue weighted by Crippen LogP contribution is -1.81. The highest BCUT2D eigenvalue weighted by molar-refractivity contribution is 7.23. The minimum atomic E-state index is 0.755. The Morgan fingerprint density at radius 2 is 1.31 bits per heavy atom. The topological polar surface area (TPSA) is 4.36 Å². The van der Waals surface area contributed by atoms with E-state index < -0.39 is 0 Å². The Morgan fingerprint density at radius 3 is 2.04 bits per heavy atom. The van der Waals surface area contributed by atoms with Gasteiger partial charge in [0.15, 0.2) is 0 Å². The van der Waals surface area contributed by atoms with Crippen molar-refractivity contribution >= 4 is 80.2 Å². The average Bonchev–Trinajstić information content (AvgIpc) is 3.29. The van der Waals surface area contributed by atoms with Crippen LogP contribution in [0.15, 0.2) is 66.0 Å². The molecule has 0 unspecified atom stereocenters. The van der Waals surface area contributed by atoms with Gasteiger partial charge in [0.1, 0.15) is 0 Å². The molecule has 6 rings (SSSR count). The smallest absolute Gasteiger partial charge is 0.227 e. The predicted octanol–water partition coefficient (Wildman–Crippen LogP) is 8.13. The first kappa shape index (κ1) is 14.3. The molecule has 4 aromatic carbocycles. The average molecular weight is 365 g/mol. The molecule has 0 atom stereocenters. The van der Waals surface area contributed by atoms with Gasteiger partial charge in [-0.25, -0.2) is 4.85 Å². The fourth-order valence-electron chi connectivity index (χ4n) is 3.91. The summed E-state index contributed by atoms with van der Waals surface area (Å²) in [7, 11) is 0. The highest BCUT2D eigenvalue weighted by Gasteiger charge is 2.09. The SMILES string of the molecule is [C-]#[N+]c1cc2cc3ccc4c5cc6sccc6cc5ccc4c3cc2s1. The Morgan fingerprint density at radius 1 is 0.615 bits per heavy atom. The van der Waals surface area contributed by atoms with E-state index >= 15 is 0 Å². The molecule has 0 fully saturated rings. The summed E-state index contributed by atoms with van der Waals surface area (Å²) in [5.41, 5.74) is 0. The summed E-state index contributed by atoms with van der Waals surface area (Å²) in [6.45, 7) is 7.27. The normalized spacial score (nSPS) is 11.8. The molecule has 0 radical (unpaired) electrons. The third kappa shape index (κ3) is 1.89. The van der Waals surface area contributed by atoms with Gasteiger partial charge in [-0.1, -0.05) is 24.3 Å². The van der Waals surface area contributed by atoms with Crippen LogP contribution in [0.5, 0.6) is 0 Å². The molecule has 0 saturated heterocycles. The van der Waals surface area contributed by atoms with Crippen molar-refractivity contribution in [3.05, 3.63) is 77.5 Å². The van der Waals surface area contributed by atoms with Crippen LogP contribution < -0.4 is 0 Å². The molecule has 0 aliphatic heterocycles. The van der Waals surface area contributed by atoms with Gasteiger partial charge in [0.25, 0.3) is 0 Å².